The van der Waals surface area contributed by atoms with Crippen LogP contribution in [0.2, 0.25) is 0 Å². The van der Waals surface area contributed by atoms with Crippen LogP contribution in [0.15, 0.2) is 21.3 Å². The van der Waals surface area contributed by atoms with Crippen LogP contribution in [0, 0.1) is 0 Å². The zero-order valence-electron chi connectivity index (χ0n) is 6.26. The molecule has 0 spiro atoms. The van der Waals surface area contributed by atoms with Crippen molar-refractivity contribution in [1.29, 1.82) is 0 Å². The van der Waals surface area contributed by atoms with Crippen molar-refractivity contribution >= 4 is 31.9 Å². The highest BCUT2D eigenvalue weighted by Crippen LogP contribution is 2.32. The largest absolute Gasteiger partial charge is 0.488 e. The molecular formula is C8H7Br2NO. The Hall–Kier alpha value is -0.0900. The second-order valence-corrected chi connectivity index (χ2v) is 4.43. The number of nitrogens with zero attached hydrogens (tertiary/aromatic N) is 1. The molecule has 1 aliphatic rings. The first-order valence-corrected chi connectivity index (χ1v) is 5.32. The van der Waals surface area contributed by atoms with Crippen molar-refractivity contribution in [3.63, 3.8) is 0 Å². The third-order valence-electron chi connectivity index (χ3n) is 1.59. The van der Waals surface area contributed by atoms with Gasteiger partial charge in [0.25, 0.3) is 0 Å². The molecule has 2 nitrogen and oxygen atoms in total. The van der Waals surface area contributed by atoms with Gasteiger partial charge in [0.1, 0.15) is 4.60 Å². The van der Waals surface area contributed by atoms with Crippen LogP contribution >= 0.6 is 31.9 Å². The third-order valence-corrected chi connectivity index (χ3v) is 2.62. The summed E-state index contributed by atoms with van der Waals surface area (Å²) in [6.45, 7) is 0. The van der Waals surface area contributed by atoms with Crippen LogP contribution < -0.4 is 4.74 Å². The van der Waals surface area contributed by atoms with E-state index in [2.05, 4.69) is 36.8 Å². The molecule has 0 saturated heterocycles. The number of pyridine rings is 1. The lowest BCUT2D eigenvalue weighted by molar-refractivity contribution is 0.299. The fraction of sp³-hybridized carbons (Fsp3) is 0.375. The number of ether oxygens (including phenoxy) is 1. The van der Waals surface area contributed by atoms with Crippen LogP contribution in [0.4, 0.5) is 0 Å². The van der Waals surface area contributed by atoms with Gasteiger partial charge < -0.3 is 4.74 Å². The van der Waals surface area contributed by atoms with E-state index in [1.54, 1.807) is 6.20 Å². The van der Waals surface area contributed by atoms with Gasteiger partial charge in [-0.1, -0.05) is 0 Å². The summed E-state index contributed by atoms with van der Waals surface area (Å²) in [6.07, 6.45) is 4.49. The molecule has 0 aromatic carbocycles. The highest BCUT2D eigenvalue weighted by atomic mass is 79.9. The van der Waals surface area contributed by atoms with Gasteiger partial charge in [-0.05, 0) is 50.8 Å². The van der Waals surface area contributed by atoms with Crippen molar-refractivity contribution in [3.8, 4) is 5.75 Å². The molecule has 12 heavy (non-hydrogen) atoms. The van der Waals surface area contributed by atoms with Crippen molar-refractivity contribution in [3.05, 3.63) is 21.3 Å². The number of hydrogen-bond acceptors (Lipinski definition) is 2. The first-order chi connectivity index (χ1) is 5.75. The summed E-state index contributed by atoms with van der Waals surface area (Å²) in [7, 11) is 0. The number of aromatic nitrogens is 1. The molecule has 1 fully saturated rings. The molecule has 0 radical (unpaired) electrons. The Kier molecular flexibility index (Phi) is 2.37. The Morgan fingerprint density at radius 2 is 2.17 bits per heavy atom. The molecular weight excluding hydrogens is 286 g/mol. The van der Waals surface area contributed by atoms with Gasteiger partial charge in [-0.15, -0.1) is 0 Å². The lowest BCUT2D eigenvalue weighted by Crippen LogP contribution is -1.97. The summed E-state index contributed by atoms with van der Waals surface area (Å²) in [4.78, 5) is 4.10. The highest BCUT2D eigenvalue weighted by Gasteiger charge is 2.24. The van der Waals surface area contributed by atoms with E-state index in [0.29, 0.717) is 6.10 Å². The van der Waals surface area contributed by atoms with Crippen molar-refractivity contribution in [1.82, 2.24) is 4.98 Å². The zero-order chi connectivity index (χ0) is 8.55. The van der Waals surface area contributed by atoms with Crippen LogP contribution in [0.25, 0.3) is 0 Å². The third kappa shape index (κ3) is 1.98. The summed E-state index contributed by atoms with van der Waals surface area (Å²) >= 11 is 6.67. The number of rotatable bonds is 2. The standard InChI is InChI=1S/C8H7Br2NO/c9-5-3-7(8(10)11-4-5)12-6-1-2-6/h3-4,6H,1-2H2. The van der Waals surface area contributed by atoms with E-state index in [-0.39, 0.29) is 0 Å². The van der Waals surface area contributed by atoms with E-state index < -0.39 is 0 Å². The first kappa shape index (κ1) is 8.51. The minimum Gasteiger partial charge on any atom is -0.488 e. The van der Waals surface area contributed by atoms with E-state index >= 15 is 0 Å². The van der Waals surface area contributed by atoms with Gasteiger partial charge in [-0.25, -0.2) is 4.98 Å². The molecule has 0 N–H and O–H groups in total. The second-order valence-electron chi connectivity index (χ2n) is 2.76. The quantitative estimate of drug-likeness (QED) is 0.781. The Bertz CT molecular complexity index is 299. The fourth-order valence-electron chi connectivity index (χ4n) is 0.852. The summed E-state index contributed by atoms with van der Waals surface area (Å²) in [5.41, 5.74) is 0. The van der Waals surface area contributed by atoms with Gasteiger partial charge in [-0.3, -0.25) is 0 Å². The molecule has 1 aliphatic carbocycles. The average Bonchev–Trinajstić information content (AvgIpc) is 2.81. The smallest absolute Gasteiger partial charge is 0.153 e. The van der Waals surface area contributed by atoms with Gasteiger partial charge in [-0.2, -0.15) is 0 Å². The van der Waals surface area contributed by atoms with E-state index in [0.717, 1.165) is 14.8 Å². The molecule has 1 aromatic heterocycles. The van der Waals surface area contributed by atoms with Crippen LogP contribution in [0.5, 0.6) is 5.75 Å². The molecule has 1 aromatic rings. The maximum absolute atomic E-state index is 5.60. The van der Waals surface area contributed by atoms with Crippen molar-refractivity contribution < 1.29 is 4.74 Å². The SMILES string of the molecule is Brc1cnc(Br)c(OC2CC2)c1. The predicted molar refractivity (Wildman–Crippen MR) is 53.3 cm³/mol. The molecule has 64 valence electrons. The van der Waals surface area contributed by atoms with Gasteiger partial charge in [0.05, 0.1) is 6.10 Å². The summed E-state index contributed by atoms with van der Waals surface area (Å²) in [5, 5.41) is 0. The Balaban J connectivity index is 2.21. The molecule has 0 atom stereocenters. The maximum atomic E-state index is 5.60. The summed E-state index contributed by atoms with van der Waals surface area (Å²) < 4.78 is 7.32. The monoisotopic (exact) mass is 291 g/mol. The van der Waals surface area contributed by atoms with Gasteiger partial charge in [0.2, 0.25) is 0 Å². The normalized spacial score (nSPS) is 16.2. The van der Waals surface area contributed by atoms with Crippen LogP contribution in [-0.4, -0.2) is 11.1 Å². The van der Waals surface area contributed by atoms with E-state index in [4.69, 9.17) is 4.74 Å². The van der Waals surface area contributed by atoms with Crippen molar-refractivity contribution in [2.45, 2.75) is 18.9 Å². The Morgan fingerprint density at radius 3 is 2.83 bits per heavy atom. The molecule has 0 bridgehead atoms. The minimum atomic E-state index is 0.414. The molecule has 0 aliphatic heterocycles. The number of hydrogen-bond donors (Lipinski definition) is 0. The first-order valence-electron chi connectivity index (χ1n) is 3.73. The molecule has 2 rings (SSSR count). The number of halogens is 2. The van der Waals surface area contributed by atoms with Gasteiger partial charge in [0.15, 0.2) is 5.75 Å². The van der Waals surface area contributed by atoms with Crippen LogP contribution in [0.1, 0.15) is 12.8 Å². The topological polar surface area (TPSA) is 22.1 Å². The lowest BCUT2D eigenvalue weighted by Gasteiger charge is -2.05. The molecule has 0 amide bonds. The average molecular weight is 293 g/mol. The predicted octanol–water partition coefficient (Wildman–Crippen LogP) is 3.15. The van der Waals surface area contributed by atoms with E-state index in [1.165, 1.54) is 12.8 Å². The maximum Gasteiger partial charge on any atom is 0.153 e. The molecule has 0 unspecified atom stereocenters. The van der Waals surface area contributed by atoms with E-state index in [1.807, 2.05) is 6.07 Å². The Morgan fingerprint density at radius 1 is 1.42 bits per heavy atom. The Labute approximate surface area is 87.6 Å². The second kappa shape index (κ2) is 3.34. The summed E-state index contributed by atoms with van der Waals surface area (Å²) in [5.74, 6) is 0.826. The fourth-order valence-corrected chi connectivity index (χ4v) is 1.47. The minimum absolute atomic E-state index is 0.414. The van der Waals surface area contributed by atoms with Crippen LogP contribution in [0.3, 0.4) is 0 Å². The van der Waals surface area contributed by atoms with Gasteiger partial charge >= 0.3 is 0 Å². The van der Waals surface area contributed by atoms with Crippen LogP contribution in [-0.2, 0) is 0 Å². The lowest BCUT2D eigenvalue weighted by atomic mass is 10.5. The summed E-state index contributed by atoms with van der Waals surface area (Å²) in [6, 6.07) is 1.93. The molecule has 1 heterocycles. The van der Waals surface area contributed by atoms with E-state index in [9.17, 15) is 0 Å². The van der Waals surface area contributed by atoms with Crippen molar-refractivity contribution in [2.75, 3.05) is 0 Å². The molecule has 4 heteroatoms. The van der Waals surface area contributed by atoms with Crippen molar-refractivity contribution in [2.24, 2.45) is 0 Å². The van der Waals surface area contributed by atoms with Gasteiger partial charge in [0, 0.05) is 10.7 Å². The molecule has 1 saturated carbocycles. The highest BCUT2D eigenvalue weighted by molar-refractivity contribution is 9.11. The zero-order valence-corrected chi connectivity index (χ0v) is 9.43.